The van der Waals surface area contributed by atoms with Gasteiger partial charge in [0.2, 0.25) is 10.0 Å². The molecule has 2 aliphatic rings. The molecular formula is C23H34N6O3S. The van der Waals surface area contributed by atoms with Gasteiger partial charge in [0.05, 0.1) is 11.5 Å². The van der Waals surface area contributed by atoms with Crippen molar-refractivity contribution in [3.05, 3.63) is 36.4 Å². The first kappa shape index (κ1) is 23.7. The quantitative estimate of drug-likeness (QED) is 0.537. The summed E-state index contributed by atoms with van der Waals surface area (Å²) in [5.41, 5.74) is 0. The van der Waals surface area contributed by atoms with Crippen molar-refractivity contribution < 1.29 is 13.2 Å². The van der Waals surface area contributed by atoms with Gasteiger partial charge >= 0.3 is 0 Å². The summed E-state index contributed by atoms with van der Waals surface area (Å²) in [6.07, 6.45) is 2.04. The van der Waals surface area contributed by atoms with Crippen molar-refractivity contribution in [1.29, 1.82) is 0 Å². The lowest BCUT2D eigenvalue weighted by Crippen LogP contribution is -2.49. The zero-order valence-electron chi connectivity index (χ0n) is 19.6. The van der Waals surface area contributed by atoms with Crippen molar-refractivity contribution in [3.8, 4) is 5.75 Å². The molecule has 0 amide bonds. The number of hydrogen-bond acceptors (Lipinski definition) is 8. The number of aromatic nitrogens is 2. The topological polar surface area (TPSA) is 82.1 Å². The summed E-state index contributed by atoms with van der Waals surface area (Å²) in [5.74, 6) is 2.39. The number of rotatable bonds is 8. The van der Waals surface area contributed by atoms with Crippen LogP contribution in [-0.4, -0.2) is 93.8 Å². The minimum Gasteiger partial charge on any atom is -0.494 e. The molecule has 2 saturated heterocycles. The standard InChI is InChI=1S/C23H34N6O3S/c1-3-4-19-32-20-5-7-21(8-6-20)33(30,31)29-17-15-28(16-18-29)23-10-9-22(24-25-23)27-13-11-26(2)12-14-27/h5-10H,3-4,11-19H2,1-2H3. The van der Waals surface area contributed by atoms with Crippen molar-refractivity contribution >= 4 is 21.7 Å². The minimum absolute atomic E-state index is 0.301. The number of anilines is 2. The van der Waals surface area contributed by atoms with E-state index < -0.39 is 10.0 Å². The second kappa shape index (κ2) is 10.7. The fourth-order valence-electron chi connectivity index (χ4n) is 4.04. The molecule has 2 fully saturated rings. The maximum atomic E-state index is 13.1. The monoisotopic (exact) mass is 474 g/mol. The van der Waals surface area contributed by atoms with E-state index in [0.29, 0.717) is 43.4 Å². The maximum Gasteiger partial charge on any atom is 0.243 e. The first-order valence-corrected chi connectivity index (χ1v) is 13.2. The van der Waals surface area contributed by atoms with E-state index in [1.165, 1.54) is 0 Å². The molecule has 1 aromatic carbocycles. The van der Waals surface area contributed by atoms with E-state index in [4.69, 9.17) is 4.74 Å². The Morgan fingerprint density at radius 1 is 0.818 bits per heavy atom. The molecule has 0 radical (unpaired) electrons. The number of piperazine rings is 2. The molecule has 180 valence electrons. The predicted molar refractivity (Wildman–Crippen MR) is 130 cm³/mol. The van der Waals surface area contributed by atoms with Crippen LogP contribution in [0.25, 0.3) is 0 Å². The first-order valence-electron chi connectivity index (χ1n) is 11.7. The highest BCUT2D eigenvalue weighted by Gasteiger charge is 2.29. The molecule has 0 spiro atoms. The molecule has 10 heteroatoms. The van der Waals surface area contributed by atoms with Gasteiger partial charge in [0.25, 0.3) is 0 Å². The van der Waals surface area contributed by atoms with Crippen LogP contribution in [-0.2, 0) is 10.0 Å². The van der Waals surface area contributed by atoms with Crippen LogP contribution >= 0.6 is 0 Å². The Morgan fingerprint density at radius 2 is 1.36 bits per heavy atom. The number of nitrogens with zero attached hydrogens (tertiary/aromatic N) is 6. The van der Waals surface area contributed by atoms with Gasteiger partial charge < -0.3 is 19.4 Å². The normalized spacial score (nSPS) is 18.5. The highest BCUT2D eigenvalue weighted by Crippen LogP contribution is 2.23. The lowest BCUT2D eigenvalue weighted by molar-refractivity contribution is 0.309. The Labute approximate surface area is 197 Å². The lowest BCUT2D eigenvalue weighted by atomic mass is 10.3. The number of sulfonamides is 1. The zero-order valence-corrected chi connectivity index (χ0v) is 20.4. The Balaban J connectivity index is 1.32. The second-order valence-corrected chi connectivity index (χ2v) is 10.5. The van der Waals surface area contributed by atoms with Gasteiger partial charge in [-0.1, -0.05) is 13.3 Å². The minimum atomic E-state index is -3.53. The van der Waals surface area contributed by atoms with Crippen LogP contribution in [0.1, 0.15) is 19.8 Å². The molecule has 0 atom stereocenters. The number of likely N-dealkylation sites (N-methyl/N-ethyl adjacent to an activating group) is 1. The average molecular weight is 475 g/mol. The highest BCUT2D eigenvalue weighted by molar-refractivity contribution is 7.89. The molecule has 0 N–H and O–H groups in total. The largest absolute Gasteiger partial charge is 0.494 e. The van der Waals surface area contributed by atoms with Crippen LogP contribution in [0.3, 0.4) is 0 Å². The predicted octanol–water partition coefficient (Wildman–Crippen LogP) is 1.92. The van der Waals surface area contributed by atoms with Crippen molar-refractivity contribution in [3.63, 3.8) is 0 Å². The van der Waals surface area contributed by atoms with Gasteiger partial charge in [-0.05, 0) is 49.9 Å². The summed E-state index contributed by atoms with van der Waals surface area (Å²) in [6, 6.07) is 10.7. The molecule has 2 aliphatic heterocycles. The summed E-state index contributed by atoms with van der Waals surface area (Å²) in [5, 5.41) is 8.85. The third-order valence-electron chi connectivity index (χ3n) is 6.25. The SMILES string of the molecule is CCCCOc1ccc(S(=O)(=O)N2CCN(c3ccc(N4CCN(C)CC4)nn3)CC2)cc1. The molecule has 0 saturated carbocycles. The van der Waals surface area contributed by atoms with E-state index in [2.05, 4.69) is 38.9 Å². The van der Waals surface area contributed by atoms with Gasteiger partial charge in [-0.3, -0.25) is 0 Å². The Hall–Kier alpha value is -2.43. The Morgan fingerprint density at radius 3 is 1.88 bits per heavy atom. The molecule has 0 bridgehead atoms. The van der Waals surface area contributed by atoms with E-state index in [1.807, 2.05) is 12.1 Å². The molecule has 3 heterocycles. The molecule has 33 heavy (non-hydrogen) atoms. The van der Waals surface area contributed by atoms with Gasteiger partial charge in [0, 0.05) is 52.4 Å². The van der Waals surface area contributed by atoms with Crippen molar-refractivity contribution in [1.82, 2.24) is 19.4 Å². The van der Waals surface area contributed by atoms with E-state index in [9.17, 15) is 8.42 Å². The molecule has 9 nitrogen and oxygen atoms in total. The maximum absolute atomic E-state index is 13.1. The van der Waals surface area contributed by atoms with Crippen molar-refractivity contribution in [2.75, 3.05) is 75.8 Å². The molecular weight excluding hydrogens is 440 g/mol. The van der Waals surface area contributed by atoms with Gasteiger partial charge in [0.1, 0.15) is 5.75 Å². The van der Waals surface area contributed by atoms with Crippen LogP contribution in [0.4, 0.5) is 11.6 Å². The molecule has 2 aromatic rings. The van der Waals surface area contributed by atoms with Crippen LogP contribution in [0.2, 0.25) is 0 Å². The van der Waals surface area contributed by atoms with E-state index in [1.54, 1.807) is 28.6 Å². The van der Waals surface area contributed by atoms with E-state index >= 15 is 0 Å². The van der Waals surface area contributed by atoms with Gasteiger partial charge in [-0.25, -0.2) is 8.42 Å². The number of unbranched alkanes of at least 4 members (excludes halogenated alkanes) is 1. The number of benzene rings is 1. The molecule has 0 unspecified atom stereocenters. The Bertz CT molecular complexity index is 984. The Kier molecular flexibility index (Phi) is 7.67. The first-order chi connectivity index (χ1) is 16.0. The second-order valence-electron chi connectivity index (χ2n) is 8.60. The number of hydrogen-bond donors (Lipinski definition) is 0. The lowest BCUT2D eigenvalue weighted by Gasteiger charge is -2.35. The van der Waals surface area contributed by atoms with Crippen LogP contribution in [0.15, 0.2) is 41.3 Å². The van der Waals surface area contributed by atoms with Gasteiger partial charge in [-0.15, -0.1) is 10.2 Å². The summed E-state index contributed by atoms with van der Waals surface area (Å²) in [7, 11) is -1.40. The van der Waals surface area contributed by atoms with E-state index in [-0.39, 0.29) is 0 Å². The summed E-state index contributed by atoms with van der Waals surface area (Å²) < 4.78 is 33.3. The smallest absolute Gasteiger partial charge is 0.243 e. The fraction of sp³-hybridized carbons (Fsp3) is 0.565. The van der Waals surface area contributed by atoms with Gasteiger partial charge in [-0.2, -0.15) is 4.31 Å². The highest BCUT2D eigenvalue weighted by atomic mass is 32.2. The zero-order chi connectivity index (χ0) is 23.3. The third kappa shape index (κ3) is 5.74. The van der Waals surface area contributed by atoms with Crippen molar-refractivity contribution in [2.45, 2.75) is 24.7 Å². The molecule has 4 rings (SSSR count). The van der Waals surface area contributed by atoms with E-state index in [0.717, 1.165) is 50.7 Å². The summed E-state index contributed by atoms with van der Waals surface area (Å²) >= 11 is 0. The fourth-order valence-corrected chi connectivity index (χ4v) is 5.46. The van der Waals surface area contributed by atoms with Crippen LogP contribution in [0, 0.1) is 0 Å². The molecule has 1 aromatic heterocycles. The van der Waals surface area contributed by atoms with Crippen molar-refractivity contribution in [2.24, 2.45) is 0 Å². The number of ether oxygens (including phenoxy) is 1. The van der Waals surface area contributed by atoms with Gasteiger partial charge in [0.15, 0.2) is 11.6 Å². The molecule has 0 aliphatic carbocycles. The van der Waals surface area contributed by atoms with Crippen LogP contribution in [0.5, 0.6) is 5.75 Å². The summed E-state index contributed by atoms with van der Waals surface area (Å²) in [4.78, 5) is 6.95. The average Bonchev–Trinajstić information content (AvgIpc) is 2.85. The summed E-state index contributed by atoms with van der Waals surface area (Å²) in [6.45, 7) is 8.69. The van der Waals surface area contributed by atoms with Crippen LogP contribution < -0.4 is 14.5 Å². The third-order valence-corrected chi connectivity index (χ3v) is 8.17.